The van der Waals surface area contributed by atoms with E-state index in [1.165, 1.54) is 12.8 Å². The van der Waals surface area contributed by atoms with Crippen molar-refractivity contribution in [2.75, 3.05) is 31.7 Å². The molecule has 30 heavy (non-hydrogen) atoms. The highest BCUT2D eigenvalue weighted by molar-refractivity contribution is 7.98. The minimum Gasteiger partial charge on any atom is -0.331 e. The van der Waals surface area contributed by atoms with Gasteiger partial charge in [-0.1, -0.05) is 42.5 Å². The van der Waals surface area contributed by atoms with Gasteiger partial charge in [-0.15, -0.1) is 11.8 Å². The Kier molecular flexibility index (Phi) is 7.94. The van der Waals surface area contributed by atoms with E-state index in [0.717, 1.165) is 21.0 Å². The van der Waals surface area contributed by atoms with E-state index in [2.05, 4.69) is 24.4 Å². The van der Waals surface area contributed by atoms with Crippen LogP contribution in [0.2, 0.25) is 0 Å². The summed E-state index contributed by atoms with van der Waals surface area (Å²) < 4.78 is 0. The first-order valence-electron chi connectivity index (χ1n) is 10.6. The van der Waals surface area contributed by atoms with E-state index in [4.69, 9.17) is 0 Å². The second-order valence-electron chi connectivity index (χ2n) is 8.14. The molecule has 1 saturated carbocycles. The molecule has 0 aliphatic heterocycles. The van der Waals surface area contributed by atoms with Crippen LogP contribution in [0.4, 0.5) is 5.69 Å². The number of para-hydroxylation sites is 1. The van der Waals surface area contributed by atoms with Crippen molar-refractivity contribution in [3.8, 4) is 0 Å². The van der Waals surface area contributed by atoms with Crippen molar-refractivity contribution in [1.29, 1.82) is 0 Å². The molecule has 3 rings (SSSR count). The maximum absolute atomic E-state index is 13.1. The highest BCUT2D eigenvalue weighted by Gasteiger charge is 2.35. The Labute approximate surface area is 183 Å². The number of carbonyl (C=O) groups excluding carboxylic acids is 2. The average molecular weight is 427 g/mol. The van der Waals surface area contributed by atoms with Crippen molar-refractivity contribution in [3.05, 3.63) is 60.2 Å². The zero-order valence-corrected chi connectivity index (χ0v) is 18.9. The van der Waals surface area contributed by atoms with Crippen molar-refractivity contribution >= 4 is 29.3 Å². The Morgan fingerprint density at radius 1 is 1.10 bits per heavy atom. The zero-order valence-electron chi connectivity index (χ0n) is 18.1. The lowest BCUT2D eigenvalue weighted by Gasteiger charge is -2.30. The first-order chi connectivity index (χ1) is 14.5. The predicted octanol–water partition coefficient (Wildman–Crippen LogP) is 2.69. The predicted molar refractivity (Wildman–Crippen MR) is 123 cm³/mol. The number of rotatable bonds is 10. The molecule has 0 heterocycles. The van der Waals surface area contributed by atoms with Crippen LogP contribution in [-0.4, -0.2) is 49.1 Å². The second kappa shape index (κ2) is 10.6. The summed E-state index contributed by atoms with van der Waals surface area (Å²) in [6.45, 7) is 3.34. The summed E-state index contributed by atoms with van der Waals surface area (Å²) in [7, 11) is 1.90. The van der Waals surface area contributed by atoms with E-state index >= 15 is 0 Å². The molecule has 5 nitrogen and oxygen atoms in total. The van der Waals surface area contributed by atoms with Crippen LogP contribution in [0.25, 0.3) is 0 Å². The van der Waals surface area contributed by atoms with E-state index in [0.29, 0.717) is 19.0 Å². The summed E-state index contributed by atoms with van der Waals surface area (Å²) in [4.78, 5) is 29.6. The summed E-state index contributed by atoms with van der Waals surface area (Å²) in [6, 6.07) is 18.1. The molecular formula is C24H32N3O2S+. The molecule has 2 aromatic rings. The number of hydrogen-bond donors (Lipinski definition) is 2. The fraction of sp³-hybridized carbons (Fsp3) is 0.417. The molecule has 0 saturated heterocycles. The van der Waals surface area contributed by atoms with E-state index < -0.39 is 0 Å². The maximum Gasteiger partial charge on any atom is 0.279 e. The molecule has 6 heteroatoms. The van der Waals surface area contributed by atoms with Gasteiger partial charge < -0.3 is 15.1 Å². The molecule has 1 aliphatic rings. The first-order valence-corrected chi connectivity index (χ1v) is 11.8. The molecule has 2 aromatic carbocycles. The van der Waals surface area contributed by atoms with Crippen LogP contribution in [0.1, 0.15) is 25.3 Å². The molecule has 2 N–H and O–H groups in total. The van der Waals surface area contributed by atoms with Crippen LogP contribution in [-0.2, 0) is 16.1 Å². The van der Waals surface area contributed by atoms with Gasteiger partial charge in [0.15, 0.2) is 13.1 Å². The molecule has 0 spiro atoms. The van der Waals surface area contributed by atoms with Gasteiger partial charge >= 0.3 is 0 Å². The number of nitrogens with one attached hydrogen (secondary N) is 2. The van der Waals surface area contributed by atoms with Gasteiger partial charge in [-0.25, -0.2) is 0 Å². The fourth-order valence-electron chi connectivity index (χ4n) is 3.71. The summed E-state index contributed by atoms with van der Waals surface area (Å²) in [5.41, 5.74) is 1.96. The summed E-state index contributed by atoms with van der Waals surface area (Å²) in [5.74, 6) is 0.629. The lowest BCUT2D eigenvalue weighted by atomic mass is 10.1. The Morgan fingerprint density at radius 2 is 1.77 bits per heavy atom. The van der Waals surface area contributed by atoms with E-state index in [1.807, 2.05) is 60.7 Å². The van der Waals surface area contributed by atoms with Crippen molar-refractivity contribution in [2.45, 2.75) is 37.2 Å². The molecule has 1 fully saturated rings. The van der Waals surface area contributed by atoms with Crippen LogP contribution in [0.5, 0.6) is 0 Å². The van der Waals surface area contributed by atoms with Gasteiger partial charge in [0.1, 0.15) is 0 Å². The van der Waals surface area contributed by atoms with Gasteiger partial charge in [-0.3, -0.25) is 9.59 Å². The Balaban J connectivity index is 1.58. The number of hydrogen-bond acceptors (Lipinski definition) is 3. The summed E-state index contributed by atoms with van der Waals surface area (Å²) in [6.07, 6.45) is 4.38. The molecule has 2 atom stereocenters. The highest BCUT2D eigenvalue weighted by Crippen LogP contribution is 2.35. The van der Waals surface area contributed by atoms with E-state index in [-0.39, 0.29) is 24.4 Å². The number of amides is 2. The second-order valence-corrected chi connectivity index (χ2v) is 8.99. The topological polar surface area (TPSA) is 53.9 Å². The zero-order chi connectivity index (χ0) is 21.5. The quantitative estimate of drug-likeness (QED) is 0.575. The number of benzene rings is 2. The molecule has 2 amide bonds. The van der Waals surface area contributed by atoms with Crippen molar-refractivity contribution < 1.29 is 14.5 Å². The molecule has 0 radical (unpaired) electrons. The van der Waals surface area contributed by atoms with Crippen LogP contribution in [0.3, 0.4) is 0 Å². The van der Waals surface area contributed by atoms with Crippen LogP contribution < -0.4 is 10.2 Å². The molecule has 1 aliphatic carbocycles. The number of anilines is 1. The third-order valence-corrected chi connectivity index (χ3v) is 6.40. The van der Waals surface area contributed by atoms with Crippen molar-refractivity contribution in [3.63, 3.8) is 0 Å². The number of quaternary nitrogens is 1. The first kappa shape index (κ1) is 22.4. The van der Waals surface area contributed by atoms with E-state index in [9.17, 15) is 9.59 Å². The van der Waals surface area contributed by atoms with Crippen LogP contribution >= 0.6 is 11.8 Å². The summed E-state index contributed by atoms with van der Waals surface area (Å²) >= 11 is 1.60. The monoisotopic (exact) mass is 426 g/mol. The van der Waals surface area contributed by atoms with Gasteiger partial charge in [0.05, 0.1) is 12.7 Å². The molecule has 0 bridgehead atoms. The molecule has 0 aromatic heterocycles. The van der Waals surface area contributed by atoms with Crippen molar-refractivity contribution in [1.82, 2.24) is 4.90 Å². The van der Waals surface area contributed by atoms with Gasteiger partial charge in [0, 0.05) is 17.5 Å². The SMILES string of the molecule is CSc1ccccc1NC(=O)C[NH+](C)CC(=O)N(Cc1ccccc1)[C@H](C)C1CC1. The normalized spacial score (nSPS) is 15.3. The van der Waals surface area contributed by atoms with Gasteiger partial charge in [0.25, 0.3) is 11.8 Å². The lowest BCUT2D eigenvalue weighted by molar-refractivity contribution is -0.862. The Morgan fingerprint density at radius 3 is 2.43 bits per heavy atom. The highest BCUT2D eigenvalue weighted by atomic mass is 32.2. The Hall–Kier alpha value is -2.31. The minimum atomic E-state index is -0.0772. The number of carbonyl (C=O) groups is 2. The third kappa shape index (κ3) is 6.34. The largest absolute Gasteiger partial charge is 0.331 e. The lowest BCUT2D eigenvalue weighted by Crippen LogP contribution is -3.11. The average Bonchev–Trinajstić information content (AvgIpc) is 3.58. The number of likely N-dealkylation sites (N-methyl/N-ethyl adjacent to an activating group) is 1. The van der Waals surface area contributed by atoms with Gasteiger partial charge in [0.2, 0.25) is 0 Å². The smallest absolute Gasteiger partial charge is 0.279 e. The minimum absolute atomic E-state index is 0.0772. The van der Waals surface area contributed by atoms with Gasteiger partial charge in [-0.2, -0.15) is 0 Å². The number of thioether (sulfide) groups is 1. The van der Waals surface area contributed by atoms with Crippen LogP contribution in [0.15, 0.2) is 59.5 Å². The third-order valence-electron chi connectivity index (χ3n) is 5.61. The van der Waals surface area contributed by atoms with Crippen molar-refractivity contribution in [2.24, 2.45) is 5.92 Å². The molecule has 160 valence electrons. The molecular weight excluding hydrogens is 394 g/mol. The van der Waals surface area contributed by atoms with Crippen LogP contribution in [0, 0.1) is 5.92 Å². The Bertz CT molecular complexity index is 855. The number of nitrogens with zero attached hydrogens (tertiary/aromatic N) is 1. The molecule has 1 unspecified atom stereocenters. The summed E-state index contributed by atoms with van der Waals surface area (Å²) in [5, 5.41) is 2.98. The standard InChI is InChI=1S/C24H31N3O2S/c1-18(20-13-14-20)27(15-19-9-5-4-6-10-19)24(29)17-26(2)16-23(28)25-21-11-7-8-12-22(21)30-3/h4-12,18,20H,13-17H2,1-3H3,(H,25,28)/p+1/t18-/m1/s1. The maximum atomic E-state index is 13.1. The van der Waals surface area contributed by atoms with Gasteiger partial charge in [-0.05, 0) is 49.6 Å². The van der Waals surface area contributed by atoms with E-state index in [1.54, 1.807) is 11.8 Å². The fourth-order valence-corrected chi connectivity index (χ4v) is 4.26.